The molecule has 2 fully saturated rings. The summed E-state index contributed by atoms with van der Waals surface area (Å²) in [5.41, 5.74) is 0.562. The Morgan fingerprint density at radius 2 is 1.97 bits per heavy atom. The molecule has 0 amide bonds. The predicted molar refractivity (Wildman–Crippen MR) is 113 cm³/mol. The third-order valence-electron chi connectivity index (χ3n) is 6.29. The molecule has 0 radical (unpaired) electrons. The summed E-state index contributed by atoms with van der Waals surface area (Å²) in [4.78, 5) is 10.9. The van der Waals surface area contributed by atoms with Crippen molar-refractivity contribution in [1.29, 1.82) is 0 Å². The van der Waals surface area contributed by atoms with Gasteiger partial charge in [0.25, 0.3) is 0 Å². The molecule has 3 heterocycles. The van der Waals surface area contributed by atoms with E-state index in [1.54, 1.807) is 24.5 Å². The van der Waals surface area contributed by atoms with Crippen molar-refractivity contribution in [3.8, 4) is 11.4 Å². The zero-order valence-corrected chi connectivity index (χ0v) is 17.7. The summed E-state index contributed by atoms with van der Waals surface area (Å²) in [5.74, 6) is 2.79. The van der Waals surface area contributed by atoms with Gasteiger partial charge in [0.1, 0.15) is 6.33 Å². The number of tetrazole rings is 1. The Labute approximate surface area is 184 Å². The van der Waals surface area contributed by atoms with Gasteiger partial charge in [-0.3, -0.25) is 0 Å². The van der Waals surface area contributed by atoms with E-state index in [1.165, 1.54) is 23.5 Å². The molecule has 5 rings (SSSR count). The minimum atomic E-state index is -0.405. The van der Waals surface area contributed by atoms with Crippen molar-refractivity contribution < 1.29 is 9.13 Å². The fourth-order valence-electron chi connectivity index (χ4n) is 4.53. The molecule has 1 aliphatic heterocycles. The van der Waals surface area contributed by atoms with Gasteiger partial charge >= 0.3 is 0 Å². The molecule has 31 heavy (non-hydrogen) atoms. The van der Waals surface area contributed by atoms with Gasteiger partial charge in [-0.15, -0.1) is 5.10 Å². The molecule has 0 spiro atoms. The van der Waals surface area contributed by atoms with Crippen LogP contribution in [0.1, 0.15) is 25.7 Å². The summed E-state index contributed by atoms with van der Waals surface area (Å²) in [5, 5.41) is 11.4. The molecule has 0 bridgehead atoms. The maximum atomic E-state index is 14.3. The van der Waals surface area contributed by atoms with Crippen LogP contribution in [0.15, 0.2) is 36.9 Å². The lowest BCUT2D eigenvalue weighted by Crippen LogP contribution is -2.35. The molecule has 1 saturated carbocycles. The minimum Gasteiger partial charge on any atom is -0.491 e. The van der Waals surface area contributed by atoms with Crippen LogP contribution in [0.3, 0.4) is 0 Å². The van der Waals surface area contributed by atoms with Crippen LogP contribution in [0.25, 0.3) is 5.69 Å². The van der Waals surface area contributed by atoms with Crippen molar-refractivity contribution in [3.05, 3.63) is 47.8 Å². The molecule has 2 aliphatic rings. The van der Waals surface area contributed by atoms with E-state index >= 15 is 0 Å². The smallest absolute Gasteiger partial charge is 0.225 e. The summed E-state index contributed by atoms with van der Waals surface area (Å²) in [6.45, 7) is 2.48. The molecule has 162 valence electrons. The average molecular weight is 444 g/mol. The lowest BCUT2D eigenvalue weighted by molar-refractivity contribution is 0.274. The zero-order valence-electron chi connectivity index (χ0n) is 16.9. The summed E-state index contributed by atoms with van der Waals surface area (Å²) >= 11 is 5.87. The van der Waals surface area contributed by atoms with Gasteiger partial charge in [0.05, 0.1) is 29.7 Å². The van der Waals surface area contributed by atoms with Crippen LogP contribution < -0.4 is 9.64 Å². The van der Waals surface area contributed by atoms with E-state index in [9.17, 15) is 4.39 Å². The van der Waals surface area contributed by atoms with Crippen LogP contribution in [0, 0.1) is 23.6 Å². The molecular formula is C21H23ClFN7O. The van der Waals surface area contributed by atoms with Crippen molar-refractivity contribution >= 4 is 17.5 Å². The third-order valence-corrected chi connectivity index (χ3v) is 6.48. The summed E-state index contributed by atoms with van der Waals surface area (Å²) < 4.78 is 21.4. The Balaban J connectivity index is 1.06. The van der Waals surface area contributed by atoms with E-state index in [1.807, 2.05) is 0 Å². The minimum absolute atomic E-state index is 0.269. The second-order valence-corrected chi connectivity index (χ2v) is 8.63. The highest BCUT2D eigenvalue weighted by molar-refractivity contribution is 6.30. The van der Waals surface area contributed by atoms with Crippen LogP contribution in [0.5, 0.6) is 5.75 Å². The fourth-order valence-corrected chi connectivity index (χ4v) is 4.62. The number of nitrogens with zero attached hydrogens (tertiary/aromatic N) is 7. The molecule has 1 aromatic carbocycles. The summed E-state index contributed by atoms with van der Waals surface area (Å²) in [6.07, 6.45) is 9.23. The number of benzene rings is 1. The van der Waals surface area contributed by atoms with Crippen molar-refractivity contribution in [3.63, 3.8) is 0 Å². The second kappa shape index (κ2) is 8.74. The van der Waals surface area contributed by atoms with E-state index < -0.39 is 5.82 Å². The molecular weight excluding hydrogens is 421 g/mol. The first-order valence-electron chi connectivity index (χ1n) is 10.6. The van der Waals surface area contributed by atoms with Crippen LogP contribution in [-0.2, 0) is 0 Å². The molecule has 0 unspecified atom stereocenters. The van der Waals surface area contributed by atoms with Crippen molar-refractivity contribution in [2.45, 2.75) is 25.7 Å². The van der Waals surface area contributed by atoms with E-state index in [0.29, 0.717) is 23.2 Å². The van der Waals surface area contributed by atoms with Crippen LogP contribution in [-0.4, -0.2) is 49.9 Å². The quantitative estimate of drug-likeness (QED) is 0.552. The average Bonchev–Trinajstić information content (AvgIpc) is 3.34. The highest BCUT2D eigenvalue weighted by Gasteiger charge is 2.43. The molecule has 0 N–H and O–H groups in total. The molecule has 3 aromatic rings. The number of rotatable bonds is 7. The van der Waals surface area contributed by atoms with Crippen molar-refractivity contribution in [2.75, 3.05) is 24.6 Å². The number of piperidine rings is 1. The van der Waals surface area contributed by atoms with E-state index in [0.717, 1.165) is 50.1 Å². The highest BCUT2D eigenvalue weighted by atomic mass is 35.5. The van der Waals surface area contributed by atoms with Crippen molar-refractivity contribution in [2.24, 2.45) is 17.8 Å². The number of hydrogen-bond donors (Lipinski definition) is 0. The van der Waals surface area contributed by atoms with Gasteiger partial charge in [-0.25, -0.2) is 19.0 Å². The Kier molecular flexibility index (Phi) is 5.67. The van der Waals surface area contributed by atoms with Crippen LogP contribution in [0.2, 0.25) is 5.02 Å². The van der Waals surface area contributed by atoms with E-state index in [4.69, 9.17) is 16.3 Å². The monoisotopic (exact) mass is 443 g/mol. The molecule has 8 nitrogen and oxygen atoms in total. The number of hydrogen-bond acceptors (Lipinski definition) is 7. The SMILES string of the molecule is Fc1cc(-n2cnnn2)ccc1OCC[C@@H]1C[C@H]1C1CCN(c2ncc(Cl)cn2)CC1. The Morgan fingerprint density at radius 3 is 2.68 bits per heavy atom. The van der Waals surface area contributed by atoms with E-state index in [-0.39, 0.29) is 5.75 Å². The van der Waals surface area contributed by atoms with Gasteiger partial charge in [0.2, 0.25) is 5.95 Å². The third kappa shape index (κ3) is 4.61. The molecule has 10 heteroatoms. The maximum absolute atomic E-state index is 14.3. The molecule has 2 aromatic heterocycles. The predicted octanol–water partition coefficient (Wildman–Crippen LogP) is 3.57. The van der Waals surface area contributed by atoms with Gasteiger partial charge in [-0.1, -0.05) is 11.6 Å². The zero-order chi connectivity index (χ0) is 21.2. The van der Waals surface area contributed by atoms with Crippen molar-refractivity contribution in [1.82, 2.24) is 30.2 Å². The Hall–Kier alpha value is -2.81. The van der Waals surface area contributed by atoms with Crippen LogP contribution in [0.4, 0.5) is 10.3 Å². The largest absolute Gasteiger partial charge is 0.491 e. The van der Waals surface area contributed by atoms with Gasteiger partial charge in [0, 0.05) is 19.2 Å². The molecule has 1 aliphatic carbocycles. The summed E-state index contributed by atoms with van der Waals surface area (Å²) in [6, 6.07) is 4.75. The summed E-state index contributed by atoms with van der Waals surface area (Å²) in [7, 11) is 0. The number of ether oxygens (including phenoxy) is 1. The van der Waals surface area contributed by atoms with Gasteiger partial charge in [-0.2, -0.15) is 0 Å². The first kappa shape index (κ1) is 20.1. The molecule has 1 saturated heterocycles. The van der Waals surface area contributed by atoms with Gasteiger partial charge < -0.3 is 9.64 Å². The van der Waals surface area contributed by atoms with Gasteiger partial charge in [-0.05, 0) is 66.0 Å². The Bertz CT molecular complexity index is 1010. The lowest BCUT2D eigenvalue weighted by Gasteiger charge is -2.32. The van der Waals surface area contributed by atoms with Gasteiger partial charge in [0.15, 0.2) is 11.6 Å². The second-order valence-electron chi connectivity index (χ2n) is 8.19. The van der Waals surface area contributed by atoms with Crippen LogP contribution >= 0.6 is 11.6 Å². The number of halogens is 2. The Morgan fingerprint density at radius 1 is 1.16 bits per heavy atom. The maximum Gasteiger partial charge on any atom is 0.225 e. The topological polar surface area (TPSA) is 81.9 Å². The number of anilines is 1. The molecule has 2 atom stereocenters. The fraction of sp³-hybridized carbons (Fsp3) is 0.476. The van der Waals surface area contributed by atoms with E-state index in [2.05, 4.69) is 30.4 Å². The standard InChI is InChI=1S/C21H23ClFN7O/c22-16-11-24-21(25-12-16)29-6-3-14(4-7-29)18-9-15(18)5-8-31-20-2-1-17(10-19(20)23)30-13-26-27-28-30/h1-2,10-15,18H,3-9H2/t15-,18+/m1/s1. The first-order valence-corrected chi connectivity index (χ1v) is 10.9. The highest BCUT2D eigenvalue weighted by Crippen LogP contribution is 2.49. The first-order chi connectivity index (χ1) is 15.2. The number of aromatic nitrogens is 6. The normalized spacial score (nSPS) is 21.3. The lowest BCUT2D eigenvalue weighted by atomic mass is 9.90.